The van der Waals surface area contributed by atoms with Crippen molar-refractivity contribution < 1.29 is 0 Å². The second kappa shape index (κ2) is 12.8. The third-order valence-corrected chi connectivity index (χ3v) is 6.69. The number of piperazine rings is 1. The molecule has 1 fully saturated rings. The van der Waals surface area contributed by atoms with Gasteiger partial charge in [-0.25, -0.2) is 9.98 Å². The molecule has 0 spiro atoms. The fraction of sp³-hybridized carbons (Fsp3) is 0.583. The van der Waals surface area contributed by atoms with Gasteiger partial charge in [0.05, 0.1) is 17.2 Å². The van der Waals surface area contributed by atoms with Gasteiger partial charge in [0.15, 0.2) is 5.96 Å². The predicted molar refractivity (Wildman–Crippen MR) is 132 cm³/mol. The molecule has 1 aromatic carbocycles. The zero-order chi connectivity index (χ0) is 21.9. The molecule has 1 aliphatic rings. The van der Waals surface area contributed by atoms with Crippen molar-refractivity contribution in [2.75, 3.05) is 45.8 Å². The number of nitrogens with zero attached hydrogens (tertiary/aromatic N) is 4. The Balaban J connectivity index is 1.30. The second-order valence-corrected chi connectivity index (χ2v) is 9.46. The van der Waals surface area contributed by atoms with Gasteiger partial charge < -0.3 is 15.5 Å². The predicted octanol–water partition coefficient (Wildman–Crippen LogP) is 3.41. The number of thiazole rings is 1. The summed E-state index contributed by atoms with van der Waals surface area (Å²) in [5.74, 6) is 0.905. The van der Waals surface area contributed by atoms with Gasteiger partial charge in [-0.2, -0.15) is 0 Å². The molecule has 0 bridgehead atoms. The number of rotatable bonds is 10. The van der Waals surface area contributed by atoms with Crippen molar-refractivity contribution in [2.45, 2.75) is 46.7 Å². The van der Waals surface area contributed by atoms with Gasteiger partial charge in [0.1, 0.15) is 0 Å². The number of benzene rings is 1. The first-order chi connectivity index (χ1) is 15.1. The maximum atomic E-state index is 4.74. The highest BCUT2D eigenvalue weighted by Gasteiger charge is 2.16. The largest absolute Gasteiger partial charge is 0.357 e. The van der Waals surface area contributed by atoms with Crippen LogP contribution in [-0.2, 0) is 13.1 Å². The van der Waals surface area contributed by atoms with Crippen LogP contribution < -0.4 is 10.6 Å². The van der Waals surface area contributed by atoms with Crippen molar-refractivity contribution in [3.63, 3.8) is 0 Å². The first-order valence-corrected chi connectivity index (χ1v) is 12.4. The molecular formula is C24H38N6S. The molecule has 3 rings (SSSR count). The molecule has 1 saturated heterocycles. The van der Waals surface area contributed by atoms with E-state index in [-0.39, 0.29) is 0 Å². The van der Waals surface area contributed by atoms with E-state index in [1.54, 1.807) is 11.3 Å². The van der Waals surface area contributed by atoms with Gasteiger partial charge in [-0.05, 0) is 45.7 Å². The molecule has 0 unspecified atom stereocenters. The summed E-state index contributed by atoms with van der Waals surface area (Å²) in [5, 5.41) is 7.95. The van der Waals surface area contributed by atoms with Crippen LogP contribution in [0.1, 0.15) is 40.9 Å². The first-order valence-electron chi connectivity index (χ1n) is 11.6. The summed E-state index contributed by atoms with van der Waals surface area (Å²) in [6, 6.07) is 10.8. The molecule has 170 valence electrons. The molecular weight excluding hydrogens is 404 g/mol. The summed E-state index contributed by atoms with van der Waals surface area (Å²) in [4.78, 5) is 15.7. The van der Waals surface area contributed by atoms with Crippen molar-refractivity contribution in [1.29, 1.82) is 0 Å². The van der Waals surface area contributed by atoms with Gasteiger partial charge in [-0.15, -0.1) is 11.3 Å². The minimum absolute atomic E-state index is 0.694. The molecule has 0 amide bonds. The average Bonchev–Trinajstić information content (AvgIpc) is 3.10. The zero-order valence-electron chi connectivity index (χ0n) is 19.4. The normalized spacial score (nSPS) is 15.9. The molecule has 1 aliphatic heterocycles. The molecule has 2 N–H and O–H groups in total. The van der Waals surface area contributed by atoms with E-state index in [1.807, 2.05) is 0 Å². The molecule has 7 heteroatoms. The second-order valence-electron chi connectivity index (χ2n) is 8.17. The number of hydrogen-bond acceptors (Lipinski definition) is 5. The summed E-state index contributed by atoms with van der Waals surface area (Å²) >= 11 is 1.74. The summed E-state index contributed by atoms with van der Waals surface area (Å²) in [7, 11) is 0. The van der Waals surface area contributed by atoms with E-state index in [0.717, 1.165) is 42.7 Å². The number of nitrogens with one attached hydrogen (secondary N) is 2. The van der Waals surface area contributed by atoms with E-state index in [1.165, 1.54) is 49.6 Å². The third kappa shape index (κ3) is 8.24. The molecule has 0 aliphatic carbocycles. The summed E-state index contributed by atoms with van der Waals surface area (Å²) in [6.07, 6.45) is 2.38. The smallest absolute Gasteiger partial charge is 0.191 e. The van der Waals surface area contributed by atoms with Crippen molar-refractivity contribution in [2.24, 2.45) is 4.99 Å². The average molecular weight is 443 g/mol. The minimum Gasteiger partial charge on any atom is -0.357 e. The maximum Gasteiger partial charge on any atom is 0.191 e. The molecule has 0 atom stereocenters. The molecule has 2 aromatic rings. The topological polar surface area (TPSA) is 55.8 Å². The molecule has 6 nitrogen and oxygen atoms in total. The Hall–Kier alpha value is -1.96. The molecule has 0 radical (unpaired) electrons. The van der Waals surface area contributed by atoms with Crippen LogP contribution in [0.5, 0.6) is 0 Å². The van der Waals surface area contributed by atoms with E-state index >= 15 is 0 Å². The lowest BCUT2D eigenvalue weighted by Crippen LogP contribution is -2.46. The van der Waals surface area contributed by atoms with Crippen LogP contribution in [0.4, 0.5) is 0 Å². The summed E-state index contributed by atoms with van der Waals surface area (Å²) < 4.78 is 0. The van der Waals surface area contributed by atoms with Crippen molar-refractivity contribution in [3.05, 3.63) is 51.5 Å². The number of aliphatic imine (C=N–C) groups is 1. The fourth-order valence-electron chi connectivity index (χ4n) is 3.89. The number of aryl methyl sites for hydroxylation is 2. The van der Waals surface area contributed by atoms with Crippen molar-refractivity contribution in [3.8, 4) is 0 Å². The van der Waals surface area contributed by atoms with Crippen molar-refractivity contribution >= 4 is 17.3 Å². The Bertz CT molecular complexity index is 796. The Kier molecular flexibility index (Phi) is 9.78. The highest BCUT2D eigenvalue weighted by molar-refractivity contribution is 7.11. The summed E-state index contributed by atoms with van der Waals surface area (Å²) in [5.41, 5.74) is 2.52. The Morgan fingerprint density at radius 1 is 1.03 bits per heavy atom. The standard InChI is InChI=1S/C24H38N6S/c1-4-25-24(27-18-23-20(2)28-21(3)31-23)26-12-8-9-13-29-14-16-30(17-15-29)19-22-10-6-5-7-11-22/h5-7,10-11H,4,8-9,12-19H2,1-3H3,(H2,25,26,27). The van der Waals surface area contributed by atoms with E-state index in [2.05, 4.69) is 76.5 Å². The number of guanidine groups is 1. The van der Waals surface area contributed by atoms with Crippen LogP contribution in [-0.4, -0.2) is 66.6 Å². The van der Waals surface area contributed by atoms with Crippen LogP contribution in [0.25, 0.3) is 0 Å². The number of aromatic nitrogens is 1. The lowest BCUT2D eigenvalue weighted by atomic mass is 10.2. The number of unbranched alkanes of at least 4 members (excludes halogenated alkanes) is 1. The maximum absolute atomic E-state index is 4.74. The lowest BCUT2D eigenvalue weighted by Gasteiger charge is -2.34. The van der Waals surface area contributed by atoms with E-state index in [0.29, 0.717) is 6.54 Å². The van der Waals surface area contributed by atoms with E-state index < -0.39 is 0 Å². The molecule has 2 heterocycles. The van der Waals surface area contributed by atoms with Crippen LogP contribution in [0, 0.1) is 13.8 Å². The van der Waals surface area contributed by atoms with E-state index in [9.17, 15) is 0 Å². The molecule has 31 heavy (non-hydrogen) atoms. The van der Waals surface area contributed by atoms with Gasteiger partial charge in [0.25, 0.3) is 0 Å². The quantitative estimate of drug-likeness (QED) is 0.335. The van der Waals surface area contributed by atoms with Gasteiger partial charge >= 0.3 is 0 Å². The summed E-state index contributed by atoms with van der Waals surface area (Å²) in [6.45, 7) is 15.7. The van der Waals surface area contributed by atoms with Gasteiger partial charge in [0.2, 0.25) is 0 Å². The highest BCUT2D eigenvalue weighted by Crippen LogP contribution is 2.17. The van der Waals surface area contributed by atoms with Crippen LogP contribution in [0.15, 0.2) is 35.3 Å². The van der Waals surface area contributed by atoms with Gasteiger partial charge in [0, 0.05) is 50.7 Å². The number of hydrogen-bond donors (Lipinski definition) is 2. The zero-order valence-corrected chi connectivity index (χ0v) is 20.2. The van der Waals surface area contributed by atoms with Crippen molar-refractivity contribution in [1.82, 2.24) is 25.4 Å². The Morgan fingerprint density at radius 3 is 2.45 bits per heavy atom. The Labute approximate surface area is 191 Å². The van der Waals surface area contributed by atoms with Crippen LogP contribution in [0.2, 0.25) is 0 Å². The SMILES string of the molecule is CCNC(=NCc1sc(C)nc1C)NCCCCN1CCN(Cc2ccccc2)CC1. The lowest BCUT2D eigenvalue weighted by molar-refractivity contribution is 0.126. The highest BCUT2D eigenvalue weighted by atomic mass is 32.1. The third-order valence-electron chi connectivity index (χ3n) is 5.63. The first kappa shape index (κ1) is 23.7. The van der Waals surface area contributed by atoms with Gasteiger partial charge in [-0.3, -0.25) is 4.90 Å². The minimum atomic E-state index is 0.694. The Morgan fingerprint density at radius 2 is 1.77 bits per heavy atom. The molecule has 1 aromatic heterocycles. The monoisotopic (exact) mass is 442 g/mol. The fourth-order valence-corrected chi connectivity index (χ4v) is 4.75. The van der Waals surface area contributed by atoms with Crippen LogP contribution in [0.3, 0.4) is 0 Å². The van der Waals surface area contributed by atoms with Gasteiger partial charge in [-0.1, -0.05) is 30.3 Å². The van der Waals surface area contributed by atoms with E-state index in [4.69, 9.17) is 4.99 Å². The van der Waals surface area contributed by atoms with Crippen LogP contribution >= 0.6 is 11.3 Å². The molecule has 0 saturated carbocycles.